The Morgan fingerprint density at radius 3 is 2.53 bits per heavy atom. The average Bonchev–Trinajstić information content (AvgIpc) is 2.74. The van der Waals surface area contributed by atoms with Crippen molar-refractivity contribution in [3.63, 3.8) is 0 Å². The van der Waals surface area contributed by atoms with Crippen molar-refractivity contribution in [3.8, 4) is 0 Å². The highest BCUT2D eigenvalue weighted by molar-refractivity contribution is 5.82. The molecule has 0 amide bonds. The van der Waals surface area contributed by atoms with Crippen molar-refractivity contribution in [1.82, 2.24) is 0 Å². The first kappa shape index (κ1) is 8.96. The van der Waals surface area contributed by atoms with Crippen LogP contribution in [0.25, 0.3) is 5.57 Å². The number of hydrogen-bond acceptors (Lipinski definition) is 0. The zero-order valence-electron chi connectivity index (χ0n) is 9.00. The maximum atomic E-state index is 2.42. The molecule has 0 aliphatic heterocycles. The van der Waals surface area contributed by atoms with E-state index in [-0.39, 0.29) is 0 Å². The fourth-order valence-corrected chi connectivity index (χ4v) is 2.78. The van der Waals surface area contributed by atoms with E-state index in [0.717, 1.165) is 0 Å². The Labute approximate surface area is 91.3 Å². The summed E-state index contributed by atoms with van der Waals surface area (Å²) in [6.07, 6.45) is 9.04. The van der Waals surface area contributed by atoms with Crippen LogP contribution < -0.4 is 0 Å². The summed E-state index contributed by atoms with van der Waals surface area (Å²) in [6, 6.07) is 10.8. The van der Waals surface area contributed by atoms with Crippen molar-refractivity contribution in [2.24, 2.45) is 0 Å². The first-order valence-electron chi connectivity index (χ1n) is 5.92. The van der Waals surface area contributed by atoms with Crippen LogP contribution in [0.1, 0.15) is 37.7 Å². The third kappa shape index (κ3) is 1.54. The highest BCUT2D eigenvalue weighted by Crippen LogP contribution is 2.41. The zero-order chi connectivity index (χ0) is 10.1. The number of allylic oxidation sites excluding steroid dienone is 4. The molecule has 0 saturated heterocycles. The van der Waals surface area contributed by atoms with E-state index in [2.05, 4.69) is 36.4 Å². The van der Waals surface area contributed by atoms with Gasteiger partial charge in [0.25, 0.3) is 0 Å². The van der Waals surface area contributed by atoms with Crippen molar-refractivity contribution in [2.75, 3.05) is 0 Å². The minimum atomic E-state index is 1.21. The molecule has 15 heavy (non-hydrogen) atoms. The van der Waals surface area contributed by atoms with Gasteiger partial charge in [-0.15, -0.1) is 0 Å². The largest absolute Gasteiger partial charge is 0.0723 e. The molecule has 0 fully saturated rings. The summed E-state index contributed by atoms with van der Waals surface area (Å²) in [5, 5.41) is 0. The lowest BCUT2D eigenvalue weighted by Gasteiger charge is -2.16. The van der Waals surface area contributed by atoms with Crippen LogP contribution >= 0.6 is 0 Å². The Morgan fingerprint density at radius 2 is 1.67 bits per heavy atom. The van der Waals surface area contributed by atoms with Gasteiger partial charge in [-0.05, 0) is 48.8 Å². The Kier molecular flexibility index (Phi) is 2.21. The van der Waals surface area contributed by atoms with E-state index < -0.39 is 0 Å². The summed E-state index contributed by atoms with van der Waals surface area (Å²) in [5.41, 5.74) is 6.29. The second-order valence-electron chi connectivity index (χ2n) is 4.48. The van der Waals surface area contributed by atoms with E-state index in [1.165, 1.54) is 43.2 Å². The van der Waals surface area contributed by atoms with E-state index in [1.807, 2.05) is 0 Å². The maximum Gasteiger partial charge on any atom is -0.0123 e. The highest BCUT2D eigenvalue weighted by atomic mass is 14.3. The minimum absolute atomic E-state index is 1.21. The molecular weight excluding hydrogens is 180 g/mol. The topological polar surface area (TPSA) is 0 Å². The molecule has 0 heteroatoms. The third-order valence-electron chi connectivity index (χ3n) is 3.54. The van der Waals surface area contributed by atoms with Crippen LogP contribution in [0.5, 0.6) is 0 Å². The first-order chi connectivity index (χ1) is 7.45. The van der Waals surface area contributed by atoms with Crippen molar-refractivity contribution >= 4 is 5.57 Å². The number of benzene rings is 1. The fraction of sp³-hybridized carbons (Fsp3) is 0.333. The molecule has 0 aromatic heterocycles. The van der Waals surface area contributed by atoms with Gasteiger partial charge in [-0.25, -0.2) is 0 Å². The monoisotopic (exact) mass is 196 g/mol. The molecule has 2 aliphatic carbocycles. The fourth-order valence-electron chi connectivity index (χ4n) is 2.78. The summed E-state index contributed by atoms with van der Waals surface area (Å²) in [5.74, 6) is 0. The Balaban J connectivity index is 1.99. The van der Waals surface area contributed by atoms with Crippen LogP contribution in [0.4, 0.5) is 0 Å². The van der Waals surface area contributed by atoms with Crippen LogP contribution in [-0.4, -0.2) is 0 Å². The zero-order valence-corrected chi connectivity index (χ0v) is 9.00. The molecular formula is C15H16. The van der Waals surface area contributed by atoms with E-state index >= 15 is 0 Å². The minimum Gasteiger partial charge on any atom is -0.0723 e. The second-order valence-corrected chi connectivity index (χ2v) is 4.48. The normalized spacial score (nSPS) is 20.1. The molecule has 0 heterocycles. The molecule has 1 aromatic rings. The summed E-state index contributed by atoms with van der Waals surface area (Å²) in [7, 11) is 0. The Hall–Kier alpha value is -1.30. The van der Waals surface area contributed by atoms with Crippen LogP contribution in [0.3, 0.4) is 0 Å². The van der Waals surface area contributed by atoms with Crippen molar-refractivity contribution in [3.05, 3.63) is 53.1 Å². The predicted molar refractivity (Wildman–Crippen MR) is 64.5 cm³/mol. The van der Waals surface area contributed by atoms with Crippen LogP contribution in [0.15, 0.2) is 47.6 Å². The molecule has 2 aliphatic rings. The lowest BCUT2D eigenvalue weighted by molar-refractivity contribution is 0.682. The molecule has 3 rings (SSSR count). The van der Waals surface area contributed by atoms with Gasteiger partial charge in [-0.1, -0.05) is 42.0 Å². The Bertz CT molecular complexity index is 421. The number of hydrogen-bond donors (Lipinski definition) is 0. The van der Waals surface area contributed by atoms with E-state index in [9.17, 15) is 0 Å². The summed E-state index contributed by atoms with van der Waals surface area (Å²) >= 11 is 0. The first-order valence-corrected chi connectivity index (χ1v) is 5.92. The van der Waals surface area contributed by atoms with Gasteiger partial charge >= 0.3 is 0 Å². The van der Waals surface area contributed by atoms with E-state index in [1.54, 1.807) is 11.1 Å². The van der Waals surface area contributed by atoms with Gasteiger partial charge in [0.05, 0.1) is 0 Å². The van der Waals surface area contributed by atoms with Gasteiger partial charge < -0.3 is 0 Å². The predicted octanol–water partition coefficient (Wildman–Crippen LogP) is 4.34. The molecule has 0 unspecified atom stereocenters. The van der Waals surface area contributed by atoms with Gasteiger partial charge in [0.15, 0.2) is 0 Å². The van der Waals surface area contributed by atoms with Gasteiger partial charge in [0.1, 0.15) is 0 Å². The SMILES string of the molecule is C1=C(c2ccccc2)C2=C(C1)CCCC2. The Morgan fingerprint density at radius 1 is 0.867 bits per heavy atom. The lowest BCUT2D eigenvalue weighted by atomic mass is 9.88. The smallest absolute Gasteiger partial charge is 0.0123 e. The van der Waals surface area contributed by atoms with Gasteiger partial charge in [0.2, 0.25) is 0 Å². The maximum absolute atomic E-state index is 2.42. The summed E-state index contributed by atoms with van der Waals surface area (Å²) < 4.78 is 0. The average molecular weight is 196 g/mol. The summed E-state index contributed by atoms with van der Waals surface area (Å²) in [6.45, 7) is 0. The molecule has 76 valence electrons. The van der Waals surface area contributed by atoms with Crippen molar-refractivity contribution < 1.29 is 0 Å². The molecule has 1 aromatic carbocycles. The molecule has 0 radical (unpaired) electrons. The van der Waals surface area contributed by atoms with Gasteiger partial charge in [-0.2, -0.15) is 0 Å². The van der Waals surface area contributed by atoms with Crippen molar-refractivity contribution in [1.29, 1.82) is 0 Å². The second kappa shape index (κ2) is 3.69. The van der Waals surface area contributed by atoms with E-state index in [4.69, 9.17) is 0 Å². The molecule has 0 saturated carbocycles. The highest BCUT2D eigenvalue weighted by Gasteiger charge is 2.20. The molecule has 0 nitrogen and oxygen atoms in total. The van der Waals surface area contributed by atoms with Gasteiger partial charge in [0, 0.05) is 0 Å². The standard InChI is InChI=1S/C15H16/c1-2-6-12(7-3-1)15-11-10-13-8-4-5-9-14(13)15/h1-3,6-7,11H,4-5,8-10H2. The van der Waals surface area contributed by atoms with Crippen molar-refractivity contribution in [2.45, 2.75) is 32.1 Å². The quantitative estimate of drug-likeness (QED) is 0.626. The molecule has 0 atom stereocenters. The van der Waals surface area contributed by atoms with Gasteiger partial charge in [-0.3, -0.25) is 0 Å². The summed E-state index contributed by atoms with van der Waals surface area (Å²) in [4.78, 5) is 0. The molecule has 0 bridgehead atoms. The number of rotatable bonds is 1. The third-order valence-corrected chi connectivity index (χ3v) is 3.54. The van der Waals surface area contributed by atoms with E-state index in [0.29, 0.717) is 0 Å². The molecule has 0 N–H and O–H groups in total. The van der Waals surface area contributed by atoms with Crippen LogP contribution in [0.2, 0.25) is 0 Å². The molecule has 0 spiro atoms. The van der Waals surface area contributed by atoms with Crippen LogP contribution in [-0.2, 0) is 0 Å². The lowest BCUT2D eigenvalue weighted by Crippen LogP contribution is -1.96. The van der Waals surface area contributed by atoms with Crippen LogP contribution in [0, 0.1) is 0 Å².